The minimum Gasteiger partial charge on any atom is -0.349 e. The van der Waals surface area contributed by atoms with Gasteiger partial charge in [-0.1, -0.05) is 41.9 Å². The molecule has 1 atom stereocenters. The summed E-state index contributed by atoms with van der Waals surface area (Å²) in [6, 6.07) is 13.6. The van der Waals surface area contributed by atoms with Gasteiger partial charge in [-0.2, -0.15) is 0 Å². The minimum atomic E-state index is -0.297. The van der Waals surface area contributed by atoms with Gasteiger partial charge in [-0.3, -0.25) is 14.3 Å². The lowest BCUT2D eigenvalue weighted by molar-refractivity contribution is -0.119. The average Bonchev–Trinajstić information content (AvgIpc) is 3.21. The Kier molecular flexibility index (Phi) is 8.01. The van der Waals surface area contributed by atoms with Gasteiger partial charge in [0.25, 0.3) is 0 Å². The first-order valence-corrected chi connectivity index (χ1v) is 12.5. The maximum absolute atomic E-state index is 13.5. The average molecular weight is 488 g/mol. The quantitative estimate of drug-likeness (QED) is 0.452. The van der Waals surface area contributed by atoms with Crippen molar-refractivity contribution in [1.82, 2.24) is 25.0 Å². The number of thioether (sulfide) groups is 1. The van der Waals surface area contributed by atoms with Crippen molar-refractivity contribution in [2.45, 2.75) is 43.9 Å². The van der Waals surface area contributed by atoms with Gasteiger partial charge in [-0.25, -0.2) is 4.39 Å². The number of carbonyl (C=O) groups is 1. The fraction of sp³-hybridized carbons (Fsp3) is 0.375. The lowest BCUT2D eigenvalue weighted by atomic mass is 10.1. The summed E-state index contributed by atoms with van der Waals surface area (Å²) in [6.07, 6.45) is 3.61. The van der Waals surface area contributed by atoms with Crippen molar-refractivity contribution in [2.24, 2.45) is 0 Å². The van der Waals surface area contributed by atoms with Crippen LogP contribution in [0.5, 0.6) is 0 Å². The molecule has 0 spiro atoms. The first-order valence-electron chi connectivity index (χ1n) is 11.1. The number of amides is 1. The van der Waals surface area contributed by atoms with Gasteiger partial charge < -0.3 is 5.32 Å². The Balaban J connectivity index is 1.46. The summed E-state index contributed by atoms with van der Waals surface area (Å²) in [4.78, 5) is 15.0. The Morgan fingerprint density at radius 3 is 2.48 bits per heavy atom. The van der Waals surface area contributed by atoms with E-state index in [1.807, 2.05) is 35.8 Å². The number of likely N-dealkylation sites (tertiary alicyclic amines) is 1. The SMILES string of the molecule is CC(NC(=O)CSc1nnc(CN2CCCCC2)n1-c1ccc(F)cc1)c1ccc(Cl)cc1. The van der Waals surface area contributed by atoms with Crippen molar-refractivity contribution in [3.63, 3.8) is 0 Å². The van der Waals surface area contributed by atoms with E-state index in [0.717, 1.165) is 30.2 Å². The lowest BCUT2D eigenvalue weighted by Gasteiger charge is -2.26. The third-order valence-electron chi connectivity index (χ3n) is 5.68. The van der Waals surface area contributed by atoms with Crippen LogP contribution in [0.25, 0.3) is 5.69 Å². The van der Waals surface area contributed by atoms with Crippen LogP contribution in [-0.2, 0) is 11.3 Å². The highest BCUT2D eigenvalue weighted by atomic mass is 35.5. The molecule has 3 aromatic rings. The Morgan fingerprint density at radius 1 is 1.09 bits per heavy atom. The summed E-state index contributed by atoms with van der Waals surface area (Å²) in [7, 11) is 0. The lowest BCUT2D eigenvalue weighted by Crippen LogP contribution is -2.30. The standard InChI is InChI=1S/C24H27ClFN5OS/c1-17(18-5-7-19(25)8-6-18)27-23(32)16-33-24-29-28-22(15-30-13-3-2-4-14-30)31(24)21-11-9-20(26)10-12-21/h5-12,17H,2-4,13-16H2,1H3,(H,27,32). The molecule has 1 unspecified atom stereocenters. The van der Waals surface area contributed by atoms with Gasteiger partial charge in [0.2, 0.25) is 5.91 Å². The van der Waals surface area contributed by atoms with Crippen molar-refractivity contribution in [3.8, 4) is 5.69 Å². The van der Waals surface area contributed by atoms with Crippen LogP contribution in [0, 0.1) is 5.82 Å². The van der Waals surface area contributed by atoms with Crippen LogP contribution in [0.3, 0.4) is 0 Å². The maximum atomic E-state index is 13.5. The van der Waals surface area contributed by atoms with E-state index in [-0.39, 0.29) is 23.5 Å². The van der Waals surface area contributed by atoms with Crippen molar-refractivity contribution >= 4 is 29.3 Å². The molecule has 174 valence electrons. The van der Waals surface area contributed by atoms with Crippen LogP contribution in [0.2, 0.25) is 5.02 Å². The van der Waals surface area contributed by atoms with E-state index in [9.17, 15) is 9.18 Å². The van der Waals surface area contributed by atoms with Crippen LogP contribution in [0.4, 0.5) is 4.39 Å². The van der Waals surface area contributed by atoms with Gasteiger partial charge >= 0.3 is 0 Å². The molecule has 33 heavy (non-hydrogen) atoms. The molecule has 1 fully saturated rings. The summed E-state index contributed by atoms with van der Waals surface area (Å²) in [5.74, 6) is 0.588. The van der Waals surface area contributed by atoms with Crippen molar-refractivity contribution in [2.75, 3.05) is 18.8 Å². The van der Waals surface area contributed by atoms with Crippen LogP contribution in [-0.4, -0.2) is 44.4 Å². The predicted molar refractivity (Wildman–Crippen MR) is 129 cm³/mol. The van der Waals surface area contributed by atoms with Crippen LogP contribution in [0.1, 0.15) is 43.6 Å². The van der Waals surface area contributed by atoms with Gasteiger partial charge in [0.05, 0.1) is 18.3 Å². The molecule has 4 rings (SSSR count). The van der Waals surface area contributed by atoms with E-state index in [1.54, 1.807) is 12.1 Å². The number of carbonyl (C=O) groups excluding carboxylic acids is 1. The molecule has 1 N–H and O–H groups in total. The van der Waals surface area contributed by atoms with Crippen molar-refractivity contribution in [3.05, 3.63) is 70.8 Å². The Bertz CT molecular complexity index is 1070. The molecule has 0 bridgehead atoms. The third kappa shape index (κ3) is 6.34. The number of benzene rings is 2. The molecule has 1 aromatic heterocycles. The van der Waals surface area contributed by atoms with Crippen molar-refractivity contribution in [1.29, 1.82) is 0 Å². The highest BCUT2D eigenvalue weighted by Gasteiger charge is 2.20. The fourth-order valence-corrected chi connectivity index (χ4v) is 4.82. The summed E-state index contributed by atoms with van der Waals surface area (Å²) in [5, 5.41) is 13.1. The molecule has 1 amide bonds. The molecule has 6 nitrogen and oxygen atoms in total. The zero-order chi connectivity index (χ0) is 23.2. The fourth-order valence-electron chi connectivity index (χ4n) is 3.91. The van der Waals surface area contributed by atoms with Gasteiger partial charge in [0.1, 0.15) is 5.82 Å². The van der Waals surface area contributed by atoms with Gasteiger partial charge in [-0.05, 0) is 74.8 Å². The Morgan fingerprint density at radius 2 is 1.79 bits per heavy atom. The molecule has 0 saturated carbocycles. The number of halogens is 2. The monoisotopic (exact) mass is 487 g/mol. The van der Waals surface area contributed by atoms with E-state index >= 15 is 0 Å². The first-order chi connectivity index (χ1) is 16.0. The van der Waals surface area contributed by atoms with E-state index in [2.05, 4.69) is 20.4 Å². The molecule has 9 heteroatoms. The molecule has 0 aliphatic carbocycles. The van der Waals surface area contributed by atoms with Crippen LogP contribution < -0.4 is 5.32 Å². The van der Waals surface area contributed by atoms with Gasteiger partial charge in [0, 0.05) is 10.7 Å². The second-order valence-electron chi connectivity index (χ2n) is 8.18. The minimum absolute atomic E-state index is 0.103. The normalized spacial score (nSPS) is 15.4. The maximum Gasteiger partial charge on any atom is 0.230 e. The van der Waals surface area contributed by atoms with E-state index < -0.39 is 0 Å². The number of rotatable bonds is 8. The summed E-state index contributed by atoms with van der Waals surface area (Å²) in [5.41, 5.74) is 1.77. The second kappa shape index (κ2) is 11.1. The highest BCUT2D eigenvalue weighted by molar-refractivity contribution is 7.99. The second-order valence-corrected chi connectivity index (χ2v) is 9.56. The molecular weight excluding hydrogens is 461 g/mol. The zero-order valence-electron chi connectivity index (χ0n) is 18.5. The number of hydrogen-bond acceptors (Lipinski definition) is 5. The summed E-state index contributed by atoms with van der Waals surface area (Å²) < 4.78 is 15.5. The van der Waals surface area contributed by atoms with E-state index in [1.165, 1.54) is 43.2 Å². The predicted octanol–water partition coefficient (Wildman–Crippen LogP) is 5.02. The number of nitrogens with zero attached hydrogens (tertiary/aromatic N) is 4. The highest BCUT2D eigenvalue weighted by Crippen LogP contribution is 2.24. The molecular formula is C24H27ClFN5OS. The smallest absolute Gasteiger partial charge is 0.230 e. The zero-order valence-corrected chi connectivity index (χ0v) is 20.1. The van der Waals surface area contributed by atoms with Gasteiger partial charge in [-0.15, -0.1) is 10.2 Å². The van der Waals surface area contributed by atoms with Crippen LogP contribution >= 0.6 is 23.4 Å². The van der Waals surface area contributed by atoms with Crippen LogP contribution in [0.15, 0.2) is 53.7 Å². The third-order valence-corrected chi connectivity index (χ3v) is 6.86. The molecule has 1 saturated heterocycles. The molecule has 2 aromatic carbocycles. The molecule has 1 aliphatic rings. The van der Waals surface area contributed by atoms with E-state index in [4.69, 9.17) is 11.6 Å². The molecule has 2 heterocycles. The largest absolute Gasteiger partial charge is 0.349 e. The number of piperidine rings is 1. The number of aromatic nitrogens is 3. The van der Waals surface area contributed by atoms with Gasteiger partial charge in [0.15, 0.2) is 11.0 Å². The van der Waals surface area contributed by atoms with E-state index in [0.29, 0.717) is 16.7 Å². The Hall–Kier alpha value is -2.42. The van der Waals surface area contributed by atoms with Crippen molar-refractivity contribution < 1.29 is 9.18 Å². The summed E-state index contributed by atoms with van der Waals surface area (Å²) >= 11 is 7.27. The molecule has 1 aliphatic heterocycles. The Labute approximate surface area is 202 Å². The number of nitrogens with one attached hydrogen (secondary N) is 1. The number of hydrogen-bond donors (Lipinski definition) is 1. The topological polar surface area (TPSA) is 63.1 Å². The summed E-state index contributed by atoms with van der Waals surface area (Å²) in [6.45, 7) is 4.67. The first kappa shape index (κ1) is 23.7. The molecule has 0 radical (unpaired) electrons.